The van der Waals surface area contributed by atoms with Crippen molar-refractivity contribution in [1.29, 1.82) is 5.26 Å². The summed E-state index contributed by atoms with van der Waals surface area (Å²) in [5.41, 5.74) is 0.680. The molecule has 0 aromatic heterocycles. The SMILES string of the molecule is CC.CCCC(NN)C(=O)Nc1ccc(C#N)c(C(F)(F)F)c1. The van der Waals surface area contributed by atoms with Crippen molar-refractivity contribution in [2.75, 3.05) is 5.32 Å². The number of amides is 1. The molecule has 0 spiro atoms. The summed E-state index contributed by atoms with van der Waals surface area (Å²) in [5.74, 6) is 4.69. The Morgan fingerprint density at radius 2 is 2.00 bits per heavy atom. The number of nitrogens with one attached hydrogen (secondary N) is 2. The molecule has 1 atom stereocenters. The number of carbonyl (C=O) groups is 1. The Balaban J connectivity index is 0.00000232. The van der Waals surface area contributed by atoms with E-state index in [1.54, 1.807) is 0 Å². The molecule has 1 aromatic rings. The third-order valence-electron chi connectivity index (χ3n) is 2.81. The lowest BCUT2D eigenvalue weighted by Gasteiger charge is -2.16. The number of nitriles is 1. The van der Waals surface area contributed by atoms with Crippen LogP contribution in [0.5, 0.6) is 0 Å². The maximum atomic E-state index is 12.8. The highest BCUT2D eigenvalue weighted by molar-refractivity contribution is 5.94. The van der Waals surface area contributed by atoms with E-state index in [0.29, 0.717) is 12.8 Å². The molecule has 0 radical (unpaired) electrons. The number of hydrazine groups is 1. The third-order valence-corrected chi connectivity index (χ3v) is 2.81. The number of hydrogen-bond donors (Lipinski definition) is 3. The van der Waals surface area contributed by atoms with Crippen LogP contribution in [0.15, 0.2) is 18.2 Å². The second-order valence-corrected chi connectivity index (χ2v) is 4.37. The Morgan fingerprint density at radius 3 is 2.43 bits per heavy atom. The van der Waals surface area contributed by atoms with Crippen molar-refractivity contribution in [2.24, 2.45) is 5.84 Å². The second kappa shape index (κ2) is 9.82. The Hall–Kier alpha value is -2.11. The fourth-order valence-corrected chi connectivity index (χ4v) is 1.76. The minimum absolute atomic E-state index is 0.0392. The molecule has 0 bridgehead atoms. The first-order chi connectivity index (χ1) is 10.8. The first-order valence-electron chi connectivity index (χ1n) is 7.21. The summed E-state index contributed by atoms with van der Waals surface area (Å²) < 4.78 is 38.4. The largest absolute Gasteiger partial charge is 0.417 e. The zero-order valence-electron chi connectivity index (χ0n) is 13.3. The summed E-state index contributed by atoms with van der Waals surface area (Å²) in [5, 5.41) is 11.0. The van der Waals surface area contributed by atoms with E-state index in [4.69, 9.17) is 11.1 Å². The van der Waals surface area contributed by atoms with E-state index in [1.807, 2.05) is 20.8 Å². The van der Waals surface area contributed by atoms with Crippen LogP contribution in [0.25, 0.3) is 0 Å². The van der Waals surface area contributed by atoms with Crippen LogP contribution in [-0.4, -0.2) is 11.9 Å². The van der Waals surface area contributed by atoms with Gasteiger partial charge in [0.15, 0.2) is 0 Å². The van der Waals surface area contributed by atoms with E-state index >= 15 is 0 Å². The quantitative estimate of drug-likeness (QED) is 0.571. The average Bonchev–Trinajstić information content (AvgIpc) is 2.53. The first-order valence-corrected chi connectivity index (χ1v) is 7.21. The molecule has 0 heterocycles. The van der Waals surface area contributed by atoms with Gasteiger partial charge in [0.1, 0.15) is 6.04 Å². The molecule has 0 saturated carbocycles. The van der Waals surface area contributed by atoms with Gasteiger partial charge < -0.3 is 5.32 Å². The zero-order chi connectivity index (χ0) is 18.0. The Bertz CT molecular complexity index is 553. The highest BCUT2D eigenvalue weighted by Crippen LogP contribution is 2.33. The van der Waals surface area contributed by atoms with Crippen LogP contribution in [-0.2, 0) is 11.0 Å². The number of carbonyl (C=O) groups excluding carboxylic acids is 1. The molecule has 0 saturated heterocycles. The number of nitrogens with two attached hydrogens (primary N) is 1. The van der Waals surface area contributed by atoms with E-state index < -0.39 is 29.3 Å². The molecule has 23 heavy (non-hydrogen) atoms. The molecule has 1 amide bonds. The van der Waals surface area contributed by atoms with Crippen molar-refractivity contribution >= 4 is 11.6 Å². The molecular weight excluding hydrogens is 309 g/mol. The summed E-state index contributed by atoms with van der Waals surface area (Å²) in [6.07, 6.45) is -3.53. The van der Waals surface area contributed by atoms with Gasteiger partial charge in [-0.3, -0.25) is 10.6 Å². The normalized spacial score (nSPS) is 11.7. The van der Waals surface area contributed by atoms with Gasteiger partial charge in [0.2, 0.25) is 5.91 Å². The monoisotopic (exact) mass is 330 g/mol. The van der Waals surface area contributed by atoms with Crippen LogP contribution in [0.2, 0.25) is 0 Å². The van der Waals surface area contributed by atoms with E-state index in [2.05, 4.69) is 10.7 Å². The number of rotatable bonds is 5. The highest BCUT2D eigenvalue weighted by atomic mass is 19.4. The first kappa shape index (κ1) is 20.9. The number of alkyl halides is 3. The van der Waals surface area contributed by atoms with E-state index in [1.165, 1.54) is 12.1 Å². The lowest BCUT2D eigenvalue weighted by Crippen LogP contribution is -2.44. The molecule has 8 heteroatoms. The van der Waals surface area contributed by atoms with E-state index in [-0.39, 0.29) is 5.69 Å². The second-order valence-electron chi connectivity index (χ2n) is 4.37. The van der Waals surface area contributed by atoms with Gasteiger partial charge >= 0.3 is 6.18 Å². The van der Waals surface area contributed by atoms with Gasteiger partial charge in [0, 0.05) is 5.69 Å². The van der Waals surface area contributed by atoms with Crippen LogP contribution in [0.4, 0.5) is 18.9 Å². The standard InChI is InChI=1S/C13H15F3N4O.C2H6/c1-2-3-11(20-18)12(21)19-9-5-4-8(7-17)10(6-9)13(14,15)16;1-2/h4-6,11,20H,2-3,18H2,1H3,(H,19,21);1-2H3. The molecule has 1 rings (SSSR count). The number of hydrogen-bond acceptors (Lipinski definition) is 4. The molecule has 0 aliphatic carbocycles. The average molecular weight is 330 g/mol. The van der Waals surface area contributed by atoms with Crippen molar-refractivity contribution < 1.29 is 18.0 Å². The van der Waals surface area contributed by atoms with Gasteiger partial charge in [-0.2, -0.15) is 18.4 Å². The molecular formula is C15H21F3N4O. The Kier molecular flexibility index (Phi) is 8.92. The number of anilines is 1. The summed E-state index contributed by atoms with van der Waals surface area (Å²) in [6.45, 7) is 5.85. The van der Waals surface area contributed by atoms with Crippen LogP contribution in [0.1, 0.15) is 44.7 Å². The predicted molar refractivity (Wildman–Crippen MR) is 82.2 cm³/mol. The van der Waals surface area contributed by atoms with Crippen LogP contribution in [0, 0.1) is 11.3 Å². The number of halogens is 3. The predicted octanol–water partition coefficient (Wildman–Crippen LogP) is 3.17. The van der Waals surface area contributed by atoms with Crippen LogP contribution in [0.3, 0.4) is 0 Å². The fourth-order valence-electron chi connectivity index (χ4n) is 1.76. The lowest BCUT2D eigenvalue weighted by atomic mass is 10.1. The summed E-state index contributed by atoms with van der Waals surface area (Å²) >= 11 is 0. The zero-order valence-corrected chi connectivity index (χ0v) is 13.3. The molecule has 5 nitrogen and oxygen atoms in total. The van der Waals surface area contributed by atoms with Crippen LogP contribution >= 0.6 is 0 Å². The molecule has 0 aliphatic heterocycles. The van der Waals surface area contributed by atoms with Gasteiger partial charge in [0.25, 0.3) is 0 Å². The number of benzene rings is 1. The van der Waals surface area contributed by atoms with E-state index in [9.17, 15) is 18.0 Å². The molecule has 1 aromatic carbocycles. The molecule has 0 aliphatic rings. The lowest BCUT2D eigenvalue weighted by molar-refractivity contribution is -0.137. The molecule has 128 valence electrons. The van der Waals surface area contributed by atoms with Gasteiger partial charge in [0.05, 0.1) is 17.2 Å². The van der Waals surface area contributed by atoms with Crippen LogP contribution < -0.4 is 16.6 Å². The van der Waals surface area contributed by atoms with Gasteiger partial charge in [-0.15, -0.1) is 0 Å². The van der Waals surface area contributed by atoms with Crippen molar-refractivity contribution in [1.82, 2.24) is 5.43 Å². The van der Waals surface area contributed by atoms with Gasteiger partial charge in [-0.05, 0) is 24.6 Å². The van der Waals surface area contributed by atoms with Crippen molar-refractivity contribution in [3.63, 3.8) is 0 Å². The maximum absolute atomic E-state index is 12.8. The summed E-state index contributed by atoms with van der Waals surface area (Å²) in [4.78, 5) is 11.8. The van der Waals surface area contributed by atoms with Crippen molar-refractivity contribution in [2.45, 2.75) is 45.8 Å². The fraction of sp³-hybridized carbons (Fsp3) is 0.467. The topological polar surface area (TPSA) is 90.9 Å². The van der Waals surface area contributed by atoms with Gasteiger partial charge in [-0.1, -0.05) is 27.2 Å². The third kappa shape index (κ3) is 6.26. The minimum atomic E-state index is -4.67. The molecule has 1 unspecified atom stereocenters. The molecule has 0 fully saturated rings. The Morgan fingerprint density at radius 1 is 1.39 bits per heavy atom. The van der Waals surface area contributed by atoms with Crippen molar-refractivity contribution in [3.8, 4) is 6.07 Å². The number of nitrogens with zero attached hydrogens (tertiary/aromatic N) is 1. The summed E-state index contributed by atoms with van der Waals surface area (Å²) in [7, 11) is 0. The van der Waals surface area contributed by atoms with Gasteiger partial charge in [-0.25, -0.2) is 5.43 Å². The molecule has 4 N–H and O–H groups in total. The minimum Gasteiger partial charge on any atom is -0.325 e. The Labute approximate surface area is 133 Å². The smallest absolute Gasteiger partial charge is 0.325 e. The van der Waals surface area contributed by atoms with E-state index in [0.717, 1.165) is 12.1 Å². The summed E-state index contributed by atoms with van der Waals surface area (Å²) in [6, 6.07) is 3.77. The highest BCUT2D eigenvalue weighted by Gasteiger charge is 2.34. The van der Waals surface area contributed by atoms with Crippen molar-refractivity contribution in [3.05, 3.63) is 29.3 Å². The maximum Gasteiger partial charge on any atom is 0.417 e.